The van der Waals surface area contributed by atoms with Gasteiger partial charge in [0.25, 0.3) is 0 Å². The Morgan fingerprint density at radius 1 is 1.00 bits per heavy atom. The zero-order chi connectivity index (χ0) is 35.4. The molecule has 0 amide bonds. The molecule has 8 rings (SSSR count). The highest BCUT2D eigenvalue weighted by Gasteiger charge is 2.46. The van der Waals surface area contributed by atoms with Crippen LogP contribution in [0.15, 0.2) is 110 Å². The summed E-state index contributed by atoms with van der Waals surface area (Å²) in [4.78, 5) is 19.0. The van der Waals surface area contributed by atoms with Gasteiger partial charge >= 0.3 is 5.97 Å². The molecule has 256 valence electrons. The lowest BCUT2D eigenvalue weighted by atomic mass is 9.69. The lowest BCUT2D eigenvalue weighted by molar-refractivity contribution is -0.145. The van der Waals surface area contributed by atoms with Crippen LogP contribution in [-0.2, 0) is 4.79 Å². The average molecular weight is 670 g/mol. The van der Waals surface area contributed by atoms with Crippen molar-refractivity contribution in [3.8, 4) is 17.6 Å². The van der Waals surface area contributed by atoms with Gasteiger partial charge in [0.05, 0.1) is 31.9 Å². The van der Waals surface area contributed by atoms with Gasteiger partial charge in [0, 0.05) is 35.7 Å². The Balaban J connectivity index is 0.000000173. The van der Waals surface area contributed by atoms with Crippen LogP contribution >= 0.6 is 0 Å². The quantitative estimate of drug-likeness (QED) is 0.153. The number of carboxylic acids is 1. The molecule has 2 N–H and O–H groups in total. The minimum atomic E-state index is -1.65. The zero-order valence-electron chi connectivity index (χ0n) is 28.7. The number of hydrogen-bond donors (Lipinski definition) is 2. The molecule has 1 unspecified atom stereocenters. The van der Waals surface area contributed by atoms with Gasteiger partial charge in [0.2, 0.25) is 0 Å². The highest BCUT2D eigenvalue weighted by molar-refractivity contribution is 5.89. The third-order valence-corrected chi connectivity index (χ3v) is 10.7. The Kier molecular flexibility index (Phi) is 10.2. The molecule has 8 nitrogen and oxygen atoms in total. The summed E-state index contributed by atoms with van der Waals surface area (Å²) in [7, 11) is 3.21. The second-order valence-corrected chi connectivity index (χ2v) is 13.3. The minimum absolute atomic E-state index is 0.178. The van der Waals surface area contributed by atoms with Gasteiger partial charge in [-0.05, 0) is 90.4 Å². The van der Waals surface area contributed by atoms with Crippen molar-refractivity contribution < 1.29 is 24.5 Å². The van der Waals surface area contributed by atoms with E-state index in [0.29, 0.717) is 23.1 Å². The van der Waals surface area contributed by atoms with Gasteiger partial charge in [-0.15, -0.1) is 6.58 Å². The van der Waals surface area contributed by atoms with E-state index < -0.39 is 23.4 Å². The van der Waals surface area contributed by atoms with Crippen LogP contribution in [0.2, 0.25) is 0 Å². The fourth-order valence-corrected chi connectivity index (χ4v) is 7.88. The number of aliphatic hydroxyl groups is 1. The third kappa shape index (κ3) is 6.42. The van der Waals surface area contributed by atoms with Gasteiger partial charge in [-0.25, -0.2) is 0 Å². The van der Waals surface area contributed by atoms with Crippen LogP contribution in [0.3, 0.4) is 0 Å². The van der Waals surface area contributed by atoms with Crippen LogP contribution in [0.25, 0.3) is 21.7 Å². The molecule has 50 heavy (non-hydrogen) atoms. The summed E-state index contributed by atoms with van der Waals surface area (Å²) in [6, 6.07) is 30.8. The molecule has 1 aromatic heterocycles. The fraction of sp³-hybridized carbons (Fsp3) is 0.310. The Labute approximate surface area is 293 Å². The molecule has 7 atom stereocenters. The number of ether oxygens (including phenoxy) is 2. The molecule has 3 saturated heterocycles. The summed E-state index contributed by atoms with van der Waals surface area (Å²) in [5, 5.41) is 33.8. The van der Waals surface area contributed by atoms with Crippen molar-refractivity contribution in [3.05, 3.63) is 127 Å². The number of methoxy groups -OCH3 is 2. The highest BCUT2D eigenvalue weighted by atomic mass is 16.5. The van der Waals surface area contributed by atoms with Crippen molar-refractivity contribution in [3.63, 3.8) is 0 Å². The number of pyridine rings is 1. The van der Waals surface area contributed by atoms with E-state index in [0.717, 1.165) is 58.1 Å². The Bertz CT molecular complexity index is 2050. The SMILES string of the molecule is C=C[C@H]1CN2CC[C@H]1C[C@@H]2[C@@H](O)c1ccnc2ccc(OC)cc12.COc1ccccc1[C@H](c1cccc2ccccc12)[C@@](C)(C#N)C(=O)O. The Morgan fingerprint density at radius 3 is 2.44 bits per heavy atom. The average Bonchev–Trinajstić information content (AvgIpc) is 3.17. The lowest BCUT2D eigenvalue weighted by Gasteiger charge is -2.50. The fourth-order valence-electron chi connectivity index (χ4n) is 7.88. The predicted molar refractivity (Wildman–Crippen MR) is 195 cm³/mol. The Morgan fingerprint density at radius 2 is 1.74 bits per heavy atom. The molecular weight excluding hydrogens is 626 g/mol. The first-order chi connectivity index (χ1) is 24.2. The minimum Gasteiger partial charge on any atom is -0.497 e. The van der Waals surface area contributed by atoms with Crippen LogP contribution in [0.5, 0.6) is 11.5 Å². The predicted octanol–water partition coefficient (Wildman–Crippen LogP) is 7.77. The summed E-state index contributed by atoms with van der Waals surface area (Å²) >= 11 is 0. The molecule has 4 heterocycles. The molecule has 3 aliphatic rings. The van der Waals surface area contributed by atoms with Crippen molar-refractivity contribution in [2.24, 2.45) is 17.3 Å². The molecule has 8 heteroatoms. The third-order valence-electron chi connectivity index (χ3n) is 10.7. The van der Waals surface area contributed by atoms with Crippen LogP contribution < -0.4 is 9.47 Å². The van der Waals surface area contributed by atoms with Gasteiger partial charge in [0.1, 0.15) is 11.5 Å². The van der Waals surface area contributed by atoms with Gasteiger partial charge in [-0.2, -0.15) is 5.26 Å². The number of rotatable bonds is 9. The molecule has 0 spiro atoms. The maximum absolute atomic E-state index is 12.1. The molecule has 5 aromatic rings. The number of hydrogen-bond acceptors (Lipinski definition) is 7. The number of nitriles is 1. The molecule has 4 aromatic carbocycles. The summed E-state index contributed by atoms with van der Waals surface area (Å²) < 4.78 is 10.8. The number of benzene rings is 4. The molecule has 0 radical (unpaired) electrons. The number of aliphatic hydroxyl groups excluding tert-OH is 1. The van der Waals surface area contributed by atoms with Crippen LogP contribution in [0.1, 0.15) is 48.5 Å². The van der Waals surface area contributed by atoms with Crippen molar-refractivity contribution >= 4 is 27.6 Å². The molecule has 0 aliphatic carbocycles. The number of aromatic nitrogens is 1. The normalized spacial score (nSPS) is 21.9. The zero-order valence-corrected chi connectivity index (χ0v) is 28.7. The van der Waals surface area contributed by atoms with Crippen LogP contribution in [0, 0.1) is 28.6 Å². The second-order valence-electron chi connectivity index (χ2n) is 13.3. The van der Waals surface area contributed by atoms with E-state index >= 15 is 0 Å². The molecule has 2 bridgehead atoms. The van der Waals surface area contributed by atoms with Gasteiger partial charge in [-0.3, -0.25) is 14.7 Å². The number of piperidine rings is 3. The lowest BCUT2D eigenvalue weighted by Crippen LogP contribution is -2.54. The summed E-state index contributed by atoms with van der Waals surface area (Å²) in [6.07, 6.45) is 5.62. The summed E-state index contributed by atoms with van der Waals surface area (Å²) in [5.74, 6) is 0.719. The van der Waals surface area contributed by atoms with Crippen molar-refractivity contribution in [2.45, 2.75) is 37.8 Å². The van der Waals surface area contributed by atoms with Gasteiger partial charge < -0.3 is 19.7 Å². The van der Waals surface area contributed by atoms with E-state index in [2.05, 4.69) is 22.5 Å². The molecule has 3 fully saturated rings. The van der Waals surface area contributed by atoms with Crippen LogP contribution in [0.4, 0.5) is 0 Å². The maximum atomic E-state index is 12.1. The first-order valence-corrected chi connectivity index (χ1v) is 17.0. The number of para-hydroxylation sites is 1. The van der Waals surface area contributed by atoms with E-state index in [1.165, 1.54) is 13.3 Å². The summed E-state index contributed by atoms with van der Waals surface area (Å²) in [6.45, 7) is 7.53. The first-order valence-electron chi connectivity index (χ1n) is 17.0. The van der Waals surface area contributed by atoms with Crippen molar-refractivity contribution in [2.75, 3.05) is 27.3 Å². The number of carboxylic acid groups (broad SMARTS) is 1. The van der Waals surface area contributed by atoms with E-state index in [-0.39, 0.29) is 6.04 Å². The maximum Gasteiger partial charge on any atom is 0.324 e. The molecular formula is C42H43N3O5. The number of nitrogens with zero attached hydrogens (tertiary/aromatic N) is 3. The smallest absolute Gasteiger partial charge is 0.324 e. The first kappa shape index (κ1) is 34.6. The second kappa shape index (κ2) is 14.7. The number of aliphatic carboxylic acids is 1. The van der Waals surface area contributed by atoms with Crippen molar-refractivity contribution in [1.29, 1.82) is 5.26 Å². The van der Waals surface area contributed by atoms with E-state index in [9.17, 15) is 20.3 Å². The van der Waals surface area contributed by atoms with Gasteiger partial charge in [-0.1, -0.05) is 66.7 Å². The van der Waals surface area contributed by atoms with Crippen LogP contribution in [-0.4, -0.2) is 59.4 Å². The Hall–Kier alpha value is -5.23. The standard InChI is InChI=1S/C22H19NO3.C20H24N2O2/c1-22(14-23,21(24)25)20(18-11-5-6-13-19(18)26-2)17-12-7-9-15-8-3-4-10-16(15)17;1-3-13-12-22-9-7-14(13)10-19(22)20(23)16-6-8-21-18-5-4-15(24-2)11-17(16)18/h3-13,20H,1-2H3,(H,24,25);3-6,8,11,13-14,19-20,23H,1,7,9-10,12H2,2H3/t20-,22+;13-,14-,19+,20-/m00/s1. The largest absolute Gasteiger partial charge is 0.497 e. The highest BCUT2D eigenvalue weighted by Crippen LogP contribution is 2.47. The molecule has 0 saturated carbocycles. The van der Waals surface area contributed by atoms with E-state index in [4.69, 9.17) is 9.47 Å². The number of fused-ring (bicyclic) bond motifs is 5. The van der Waals surface area contributed by atoms with Gasteiger partial charge in [0.15, 0.2) is 5.41 Å². The molecule has 3 aliphatic heterocycles. The number of carbonyl (C=O) groups is 1. The van der Waals surface area contributed by atoms with E-state index in [1.807, 2.05) is 91.0 Å². The topological polar surface area (TPSA) is 116 Å². The summed E-state index contributed by atoms with van der Waals surface area (Å²) in [5.41, 5.74) is 1.66. The monoisotopic (exact) mass is 669 g/mol. The van der Waals surface area contributed by atoms with Crippen molar-refractivity contribution in [1.82, 2.24) is 9.88 Å². The van der Waals surface area contributed by atoms with E-state index in [1.54, 1.807) is 26.5 Å².